The molecule has 1 aliphatic heterocycles. The van der Waals surface area contributed by atoms with E-state index < -0.39 is 5.91 Å². The predicted molar refractivity (Wildman–Crippen MR) is 69.2 cm³/mol. The molecule has 1 heterocycles. The molecule has 1 aromatic carbocycles. The second-order valence-electron chi connectivity index (χ2n) is 4.09. The molecule has 2 rings (SSSR count). The van der Waals surface area contributed by atoms with Gasteiger partial charge in [-0.25, -0.2) is 0 Å². The Morgan fingerprint density at radius 1 is 1.53 bits per heavy atom. The molecule has 0 aromatic heterocycles. The topological polar surface area (TPSA) is 64.4 Å². The molecule has 1 atom stereocenters. The van der Waals surface area contributed by atoms with Crippen LogP contribution in [-0.2, 0) is 0 Å². The highest BCUT2D eigenvalue weighted by molar-refractivity contribution is 9.10. The van der Waals surface area contributed by atoms with Crippen LogP contribution >= 0.6 is 15.9 Å². The second-order valence-corrected chi connectivity index (χ2v) is 5.01. The summed E-state index contributed by atoms with van der Waals surface area (Å²) in [7, 11) is 0. The van der Waals surface area contributed by atoms with Gasteiger partial charge >= 0.3 is 0 Å². The number of hydrogen-bond acceptors (Lipinski definition) is 3. The summed E-state index contributed by atoms with van der Waals surface area (Å²) in [5, 5.41) is 3.26. The Bertz CT molecular complexity index is 417. The quantitative estimate of drug-likeness (QED) is 0.892. The number of nitrogens with one attached hydrogen (secondary N) is 1. The highest BCUT2D eigenvalue weighted by Gasteiger charge is 2.17. The minimum Gasteiger partial charge on any atom is -0.488 e. The van der Waals surface area contributed by atoms with Crippen LogP contribution < -0.4 is 15.8 Å². The number of halogens is 1. The molecule has 0 spiro atoms. The summed E-state index contributed by atoms with van der Waals surface area (Å²) in [5.41, 5.74) is 5.75. The smallest absolute Gasteiger partial charge is 0.252 e. The third-order valence-corrected chi connectivity index (χ3v) is 3.25. The maximum Gasteiger partial charge on any atom is 0.252 e. The van der Waals surface area contributed by atoms with Crippen molar-refractivity contribution >= 4 is 21.8 Å². The van der Waals surface area contributed by atoms with Crippen molar-refractivity contribution in [2.24, 2.45) is 5.73 Å². The third kappa shape index (κ3) is 3.20. The molecule has 0 aliphatic carbocycles. The lowest BCUT2D eigenvalue weighted by Crippen LogP contribution is -2.37. The van der Waals surface area contributed by atoms with Gasteiger partial charge in [0.2, 0.25) is 0 Å². The van der Waals surface area contributed by atoms with Crippen LogP contribution in [0.15, 0.2) is 22.7 Å². The van der Waals surface area contributed by atoms with Crippen LogP contribution in [0.5, 0.6) is 5.75 Å². The van der Waals surface area contributed by atoms with Gasteiger partial charge in [0.25, 0.3) is 5.91 Å². The van der Waals surface area contributed by atoms with E-state index in [9.17, 15) is 4.79 Å². The van der Waals surface area contributed by atoms with E-state index in [-0.39, 0.29) is 6.10 Å². The molecule has 0 radical (unpaired) electrons. The Morgan fingerprint density at radius 2 is 2.35 bits per heavy atom. The van der Waals surface area contributed by atoms with Crippen LogP contribution in [-0.4, -0.2) is 25.1 Å². The van der Waals surface area contributed by atoms with Gasteiger partial charge in [-0.15, -0.1) is 0 Å². The second kappa shape index (κ2) is 5.51. The molecule has 1 amide bonds. The Hall–Kier alpha value is -1.07. The normalized spacial score (nSPS) is 19.9. The van der Waals surface area contributed by atoms with E-state index >= 15 is 0 Å². The standard InChI is InChI=1S/C12H15BrN2O2/c13-8-3-4-11(10(6-8)12(14)16)17-9-2-1-5-15-7-9/h3-4,6,9,15H,1-2,5,7H2,(H2,14,16)/t9-/m0/s1. The number of nitrogens with two attached hydrogens (primary N) is 1. The summed E-state index contributed by atoms with van der Waals surface area (Å²) < 4.78 is 6.64. The lowest BCUT2D eigenvalue weighted by atomic mass is 10.1. The molecule has 17 heavy (non-hydrogen) atoms. The summed E-state index contributed by atoms with van der Waals surface area (Å²) in [4.78, 5) is 11.3. The zero-order chi connectivity index (χ0) is 12.3. The maximum absolute atomic E-state index is 11.3. The summed E-state index contributed by atoms with van der Waals surface area (Å²) in [6.07, 6.45) is 2.21. The fraction of sp³-hybridized carbons (Fsp3) is 0.417. The van der Waals surface area contributed by atoms with Crippen molar-refractivity contribution in [3.05, 3.63) is 28.2 Å². The Balaban J connectivity index is 2.16. The molecular formula is C12H15BrN2O2. The van der Waals surface area contributed by atoms with Gasteiger partial charge in [0, 0.05) is 11.0 Å². The van der Waals surface area contributed by atoms with Crippen LogP contribution in [0.1, 0.15) is 23.2 Å². The first-order valence-corrected chi connectivity index (χ1v) is 6.43. The summed E-state index contributed by atoms with van der Waals surface area (Å²) in [5.74, 6) is 0.0967. The van der Waals surface area contributed by atoms with Crippen molar-refractivity contribution in [1.82, 2.24) is 5.32 Å². The summed E-state index contributed by atoms with van der Waals surface area (Å²) >= 11 is 3.31. The zero-order valence-electron chi connectivity index (χ0n) is 9.41. The molecule has 92 valence electrons. The van der Waals surface area contributed by atoms with E-state index in [1.54, 1.807) is 12.1 Å². The van der Waals surface area contributed by atoms with Crippen molar-refractivity contribution in [1.29, 1.82) is 0 Å². The molecule has 0 bridgehead atoms. The maximum atomic E-state index is 11.3. The van der Waals surface area contributed by atoms with E-state index in [1.807, 2.05) is 6.07 Å². The van der Waals surface area contributed by atoms with Crippen molar-refractivity contribution in [2.45, 2.75) is 18.9 Å². The van der Waals surface area contributed by atoms with Crippen LogP contribution in [0.3, 0.4) is 0 Å². The number of rotatable bonds is 3. The molecule has 1 saturated heterocycles. The number of primary amides is 1. The van der Waals surface area contributed by atoms with Gasteiger partial charge in [-0.1, -0.05) is 15.9 Å². The number of hydrogen-bond donors (Lipinski definition) is 2. The van der Waals surface area contributed by atoms with E-state index in [0.29, 0.717) is 11.3 Å². The molecule has 1 aromatic rings. The van der Waals surface area contributed by atoms with Crippen LogP contribution in [0.2, 0.25) is 0 Å². The molecule has 1 aliphatic rings. The fourth-order valence-electron chi connectivity index (χ4n) is 1.90. The van der Waals surface area contributed by atoms with Gasteiger partial charge in [-0.3, -0.25) is 4.79 Å². The number of carbonyl (C=O) groups excluding carboxylic acids is 1. The van der Waals surface area contributed by atoms with Crippen LogP contribution in [0.25, 0.3) is 0 Å². The largest absolute Gasteiger partial charge is 0.488 e. The summed E-state index contributed by atoms with van der Waals surface area (Å²) in [6, 6.07) is 5.31. The Kier molecular flexibility index (Phi) is 4.02. The SMILES string of the molecule is NC(=O)c1cc(Br)ccc1O[C@H]1CCCNC1. The minimum absolute atomic E-state index is 0.114. The summed E-state index contributed by atoms with van der Waals surface area (Å²) in [6.45, 7) is 1.84. The molecular weight excluding hydrogens is 284 g/mol. The number of benzene rings is 1. The first-order valence-electron chi connectivity index (χ1n) is 5.63. The lowest BCUT2D eigenvalue weighted by molar-refractivity contribution is 0.0990. The molecule has 1 fully saturated rings. The highest BCUT2D eigenvalue weighted by atomic mass is 79.9. The first kappa shape index (κ1) is 12.4. The van der Waals surface area contributed by atoms with Gasteiger partial charge < -0.3 is 15.8 Å². The third-order valence-electron chi connectivity index (χ3n) is 2.75. The molecule has 0 unspecified atom stereocenters. The van der Waals surface area contributed by atoms with Gasteiger partial charge in [0.05, 0.1) is 5.56 Å². The molecule has 4 nitrogen and oxygen atoms in total. The van der Waals surface area contributed by atoms with Crippen LogP contribution in [0.4, 0.5) is 0 Å². The number of carbonyl (C=O) groups is 1. The highest BCUT2D eigenvalue weighted by Crippen LogP contribution is 2.24. The Morgan fingerprint density at radius 3 is 3.00 bits per heavy atom. The van der Waals surface area contributed by atoms with Gasteiger partial charge in [0.1, 0.15) is 11.9 Å². The number of amides is 1. The minimum atomic E-state index is -0.468. The van der Waals surface area contributed by atoms with Crippen molar-refractivity contribution < 1.29 is 9.53 Å². The predicted octanol–water partition coefficient (Wildman–Crippen LogP) is 1.68. The zero-order valence-corrected chi connectivity index (χ0v) is 11.0. The fourth-order valence-corrected chi connectivity index (χ4v) is 2.26. The van der Waals surface area contributed by atoms with Gasteiger partial charge in [0.15, 0.2) is 0 Å². The lowest BCUT2D eigenvalue weighted by Gasteiger charge is -2.24. The average Bonchev–Trinajstić information content (AvgIpc) is 2.32. The van der Waals surface area contributed by atoms with Gasteiger partial charge in [-0.2, -0.15) is 0 Å². The average molecular weight is 299 g/mol. The number of piperidine rings is 1. The monoisotopic (exact) mass is 298 g/mol. The molecule has 5 heteroatoms. The van der Waals surface area contributed by atoms with E-state index in [1.165, 1.54) is 0 Å². The van der Waals surface area contributed by atoms with Crippen molar-refractivity contribution in [3.63, 3.8) is 0 Å². The first-order chi connectivity index (χ1) is 8.16. The van der Waals surface area contributed by atoms with Gasteiger partial charge in [-0.05, 0) is 37.6 Å². The Labute approximate surface area is 109 Å². The molecule has 0 saturated carbocycles. The van der Waals surface area contributed by atoms with Crippen molar-refractivity contribution in [2.75, 3.05) is 13.1 Å². The van der Waals surface area contributed by atoms with E-state index in [4.69, 9.17) is 10.5 Å². The van der Waals surface area contributed by atoms with E-state index in [2.05, 4.69) is 21.2 Å². The molecule has 3 N–H and O–H groups in total. The van der Waals surface area contributed by atoms with E-state index in [0.717, 1.165) is 30.4 Å². The van der Waals surface area contributed by atoms with Crippen LogP contribution in [0, 0.1) is 0 Å². The number of ether oxygens (including phenoxy) is 1. The van der Waals surface area contributed by atoms with Crippen molar-refractivity contribution in [3.8, 4) is 5.75 Å².